The number of sulfonamides is 1. The summed E-state index contributed by atoms with van der Waals surface area (Å²) in [4.78, 5) is 11.1. The summed E-state index contributed by atoms with van der Waals surface area (Å²) in [6, 6.07) is 3.50. The third kappa shape index (κ3) is 2.97. The molecule has 1 aromatic carbocycles. The second kappa shape index (κ2) is 4.75. The van der Waals surface area contributed by atoms with Gasteiger partial charge in [-0.25, -0.2) is 17.9 Å². The van der Waals surface area contributed by atoms with Crippen LogP contribution in [0.3, 0.4) is 0 Å². The Balaban J connectivity index is 3.29. The molecule has 1 rings (SSSR count). The average molecular weight is 257 g/mol. The Morgan fingerprint density at radius 2 is 1.65 bits per heavy atom. The molecule has 0 aliphatic rings. The molecule has 1 N–H and O–H groups in total. The number of hydrogen-bond donors (Lipinski definition) is 1. The number of hydrogen-bond acceptors (Lipinski definition) is 4. The number of rotatable bonds is 2. The molecule has 0 fully saturated rings. The largest absolute Gasteiger partial charge is 0.452 e. The fraction of sp³-hybridized carbons (Fsp3) is 0.364. The van der Waals surface area contributed by atoms with Crippen LogP contribution in [0.4, 0.5) is 4.79 Å². The van der Waals surface area contributed by atoms with Crippen molar-refractivity contribution in [3.8, 4) is 0 Å². The smallest absolute Gasteiger partial charge is 0.420 e. The lowest BCUT2D eigenvalue weighted by Crippen LogP contribution is -2.31. The summed E-state index contributed by atoms with van der Waals surface area (Å²) in [5, 5.41) is 0. The quantitative estimate of drug-likeness (QED) is 0.874. The van der Waals surface area contributed by atoms with E-state index in [1.807, 2.05) is 11.6 Å². The topological polar surface area (TPSA) is 72.5 Å². The molecule has 6 heteroatoms. The van der Waals surface area contributed by atoms with Gasteiger partial charge in [0.25, 0.3) is 10.0 Å². The lowest BCUT2D eigenvalue weighted by molar-refractivity contribution is 0.177. The molecule has 0 aromatic heterocycles. The highest BCUT2D eigenvalue weighted by atomic mass is 32.2. The lowest BCUT2D eigenvalue weighted by atomic mass is 10.1. The van der Waals surface area contributed by atoms with Crippen LogP contribution in [0.2, 0.25) is 0 Å². The van der Waals surface area contributed by atoms with E-state index in [1.54, 1.807) is 26.0 Å². The average Bonchev–Trinajstić information content (AvgIpc) is 2.14. The Kier molecular flexibility index (Phi) is 3.77. The van der Waals surface area contributed by atoms with Gasteiger partial charge in [0.15, 0.2) is 0 Å². The van der Waals surface area contributed by atoms with Gasteiger partial charge in [-0.15, -0.1) is 0 Å². The SMILES string of the molecule is COC(=O)NS(=O)(=O)c1c(C)cc(C)cc1C. The van der Waals surface area contributed by atoms with Gasteiger partial charge in [-0.2, -0.15) is 0 Å². The Hall–Kier alpha value is -1.56. The molecule has 0 bridgehead atoms. The number of methoxy groups -OCH3 is 1. The molecule has 17 heavy (non-hydrogen) atoms. The molecule has 1 aromatic rings. The summed E-state index contributed by atoms with van der Waals surface area (Å²) in [6.45, 7) is 5.25. The predicted octanol–water partition coefficient (Wildman–Crippen LogP) is 1.66. The standard InChI is InChI=1S/C11H15NO4S/c1-7-5-8(2)10(9(3)6-7)17(14,15)12-11(13)16-4/h5-6H,1-4H3,(H,12,13). The zero-order chi connectivity index (χ0) is 13.2. The van der Waals surface area contributed by atoms with Gasteiger partial charge >= 0.3 is 6.09 Å². The Morgan fingerprint density at radius 1 is 1.18 bits per heavy atom. The summed E-state index contributed by atoms with van der Waals surface area (Å²) in [7, 11) is -2.76. The molecule has 0 radical (unpaired) electrons. The van der Waals surface area contributed by atoms with E-state index in [0.29, 0.717) is 11.1 Å². The van der Waals surface area contributed by atoms with Crippen molar-refractivity contribution in [2.75, 3.05) is 7.11 Å². The number of carbonyl (C=O) groups excluding carboxylic acids is 1. The van der Waals surface area contributed by atoms with Crippen molar-refractivity contribution in [1.82, 2.24) is 4.72 Å². The van der Waals surface area contributed by atoms with Crippen molar-refractivity contribution >= 4 is 16.1 Å². The van der Waals surface area contributed by atoms with Gasteiger partial charge in [-0.05, 0) is 31.9 Å². The van der Waals surface area contributed by atoms with Crippen molar-refractivity contribution in [2.24, 2.45) is 0 Å². The Bertz CT molecular complexity index is 526. The van der Waals surface area contributed by atoms with E-state index in [0.717, 1.165) is 12.7 Å². The first-order valence-electron chi connectivity index (χ1n) is 4.96. The summed E-state index contributed by atoms with van der Waals surface area (Å²) in [6.07, 6.45) is -0.996. The van der Waals surface area contributed by atoms with Gasteiger partial charge in [0.1, 0.15) is 0 Å². The van der Waals surface area contributed by atoms with Gasteiger partial charge in [-0.1, -0.05) is 17.7 Å². The van der Waals surface area contributed by atoms with Crippen molar-refractivity contribution < 1.29 is 17.9 Å². The maximum Gasteiger partial charge on any atom is 0.420 e. The van der Waals surface area contributed by atoms with E-state index < -0.39 is 16.1 Å². The van der Waals surface area contributed by atoms with Crippen molar-refractivity contribution in [1.29, 1.82) is 0 Å². The van der Waals surface area contributed by atoms with Crippen LogP contribution in [0.25, 0.3) is 0 Å². The minimum Gasteiger partial charge on any atom is -0.452 e. The van der Waals surface area contributed by atoms with E-state index in [-0.39, 0.29) is 4.90 Å². The predicted molar refractivity (Wildman–Crippen MR) is 63.4 cm³/mol. The van der Waals surface area contributed by atoms with Crippen LogP contribution < -0.4 is 4.72 Å². The minimum absolute atomic E-state index is 0.119. The summed E-state index contributed by atoms with van der Waals surface area (Å²) in [5.41, 5.74) is 2.16. The van der Waals surface area contributed by atoms with Gasteiger partial charge in [-0.3, -0.25) is 0 Å². The first-order valence-corrected chi connectivity index (χ1v) is 6.45. The molecule has 0 aliphatic heterocycles. The van der Waals surface area contributed by atoms with Crippen LogP contribution in [0.1, 0.15) is 16.7 Å². The number of aryl methyl sites for hydroxylation is 3. The first kappa shape index (κ1) is 13.5. The lowest BCUT2D eigenvalue weighted by Gasteiger charge is -2.12. The number of ether oxygens (including phenoxy) is 1. The highest BCUT2D eigenvalue weighted by molar-refractivity contribution is 7.90. The van der Waals surface area contributed by atoms with Crippen LogP contribution in [0.5, 0.6) is 0 Å². The molecular formula is C11H15NO4S. The van der Waals surface area contributed by atoms with E-state index in [1.165, 1.54) is 0 Å². The van der Waals surface area contributed by atoms with Crippen molar-refractivity contribution in [3.63, 3.8) is 0 Å². The number of amides is 1. The van der Waals surface area contributed by atoms with Crippen LogP contribution >= 0.6 is 0 Å². The summed E-state index contributed by atoms with van der Waals surface area (Å²) < 4.78 is 30.0. The number of benzene rings is 1. The highest BCUT2D eigenvalue weighted by Crippen LogP contribution is 2.21. The Labute approximate surface area is 101 Å². The molecule has 0 unspecified atom stereocenters. The normalized spacial score (nSPS) is 11.1. The van der Waals surface area contributed by atoms with Crippen LogP contribution in [0.15, 0.2) is 17.0 Å². The molecule has 0 aliphatic carbocycles. The molecule has 0 saturated heterocycles. The van der Waals surface area contributed by atoms with Gasteiger partial charge in [0.2, 0.25) is 0 Å². The second-order valence-corrected chi connectivity index (χ2v) is 5.44. The molecule has 0 spiro atoms. The fourth-order valence-electron chi connectivity index (χ4n) is 1.79. The maximum absolute atomic E-state index is 11.9. The third-order valence-corrected chi connectivity index (χ3v) is 3.89. The number of nitrogens with one attached hydrogen (secondary N) is 1. The number of carbonyl (C=O) groups is 1. The molecule has 1 amide bonds. The summed E-state index contributed by atoms with van der Waals surface area (Å²) in [5.74, 6) is 0. The zero-order valence-corrected chi connectivity index (χ0v) is 11.0. The second-order valence-electron chi connectivity index (χ2n) is 3.82. The van der Waals surface area contributed by atoms with E-state index >= 15 is 0 Å². The van der Waals surface area contributed by atoms with E-state index in [9.17, 15) is 13.2 Å². The van der Waals surface area contributed by atoms with Crippen LogP contribution in [-0.2, 0) is 14.8 Å². The molecule has 0 atom stereocenters. The maximum atomic E-state index is 11.9. The van der Waals surface area contributed by atoms with E-state index in [2.05, 4.69) is 4.74 Å². The van der Waals surface area contributed by atoms with E-state index in [4.69, 9.17) is 0 Å². The first-order chi connectivity index (χ1) is 7.77. The monoisotopic (exact) mass is 257 g/mol. The van der Waals surface area contributed by atoms with Crippen molar-refractivity contribution in [3.05, 3.63) is 28.8 Å². The third-order valence-electron chi connectivity index (χ3n) is 2.28. The van der Waals surface area contributed by atoms with Gasteiger partial charge < -0.3 is 4.74 Å². The van der Waals surface area contributed by atoms with Gasteiger partial charge in [0, 0.05) is 0 Å². The molecule has 0 saturated carbocycles. The molecule has 94 valence electrons. The fourth-order valence-corrected chi connectivity index (χ4v) is 3.16. The Morgan fingerprint density at radius 3 is 2.06 bits per heavy atom. The minimum atomic E-state index is -3.87. The van der Waals surface area contributed by atoms with Crippen molar-refractivity contribution in [2.45, 2.75) is 25.7 Å². The molecule has 0 heterocycles. The van der Waals surface area contributed by atoms with Crippen LogP contribution in [-0.4, -0.2) is 21.6 Å². The van der Waals surface area contributed by atoms with Gasteiger partial charge in [0.05, 0.1) is 12.0 Å². The highest BCUT2D eigenvalue weighted by Gasteiger charge is 2.22. The summed E-state index contributed by atoms with van der Waals surface area (Å²) >= 11 is 0. The molecular weight excluding hydrogens is 242 g/mol. The molecule has 5 nitrogen and oxygen atoms in total. The van der Waals surface area contributed by atoms with Crippen LogP contribution in [0, 0.1) is 20.8 Å². The zero-order valence-electron chi connectivity index (χ0n) is 10.2.